The fourth-order valence-electron chi connectivity index (χ4n) is 4.87. The molecule has 6 rings (SSSR count). The van der Waals surface area contributed by atoms with Crippen LogP contribution < -0.4 is 10.1 Å². The van der Waals surface area contributed by atoms with E-state index >= 15 is 0 Å². The van der Waals surface area contributed by atoms with Crippen LogP contribution in [0.15, 0.2) is 30.5 Å². The number of benzene rings is 1. The first-order chi connectivity index (χ1) is 17.8. The van der Waals surface area contributed by atoms with Gasteiger partial charge in [-0.15, -0.1) is 10.2 Å². The maximum Gasteiger partial charge on any atom is 0.280 e. The Bertz CT molecular complexity index is 1440. The van der Waals surface area contributed by atoms with Crippen LogP contribution in [0.1, 0.15) is 6.42 Å². The number of likely N-dealkylation sites (tertiary alicyclic amines) is 1. The second-order valence-electron chi connectivity index (χ2n) is 9.24. The van der Waals surface area contributed by atoms with Crippen LogP contribution in [0.3, 0.4) is 0 Å². The van der Waals surface area contributed by atoms with Gasteiger partial charge in [0.1, 0.15) is 17.6 Å². The molecule has 1 aromatic carbocycles. The maximum absolute atomic E-state index is 15.0. The standard InChI is InChI=1S/C23H24F4N8O2/c1-36-21-20-15(13-2-3-16-17(8-13)35(32-30-16)9-19(24)25)4-7-34(20)31-22(29-21)28-18-5-6-33(12-23(18,26)27)14-10-37-11-14/h2-4,7-8,14,18-19H,5-6,9-12H2,1H3,(H,28,31). The number of nitrogens with one attached hydrogen (secondary N) is 1. The van der Waals surface area contributed by atoms with Crippen LogP contribution in [0.25, 0.3) is 27.7 Å². The van der Waals surface area contributed by atoms with Crippen molar-refractivity contribution in [2.45, 2.75) is 37.4 Å². The van der Waals surface area contributed by atoms with Crippen molar-refractivity contribution in [3.63, 3.8) is 0 Å². The molecule has 0 radical (unpaired) electrons. The number of hydrogen-bond donors (Lipinski definition) is 1. The molecule has 1 unspecified atom stereocenters. The lowest BCUT2D eigenvalue weighted by molar-refractivity contribution is -0.131. The third-order valence-corrected chi connectivity index (χ3v) is 6.88. The van der Waals surface area contributed by atoms with Gasteiger partial charge in [-0.1, -0.05) is 11.3 Å². The molecule has 2 aliphatic heterocycles. The van der Waals surface area contributed by atoms with Gasteiger partial charge in [0.25, 0.3) is 12.3 Å². The average molecular weight is 520 g/mol. The van der Waals surface area contributed by atoms with E-state index in [0.29, 0.717) is 47.4 Å². The maximum atomic E-state index is 15.0. The molecule has 0 bridgehead atoms. The summed E-state index contributed by atoms with van der Waals surface area (Å²) in [6.45, 7) is 0.563. The molecule has 37 heavy (non-hydrogen) atoms. The highest BCUT2D eigenvalue weighted by molar-refractivity contribution is 5.89. The van der Waals surface area contributed by atoms with Gasteiger partial charge in [0, 0.05) is 18.3 Å². The molecule has 0 aliphatic carbocycles. The van der Waals surface area contributed by atoms with E-state index in [0.717, 1.165) is 4.68 Å². The molecule has 14 heteroatoms. The number of aromatic nitrogens is 6. The van der Waals surface area contributed by atoms with E-state index in [1.165, 1.54) is 11.6 Å². The molecule has 2 aliphatic rings. The normalized spacial score (nSPS) is 20.5. The fraction of sp³-hybridized carbons (Fsp3) is 0.478. The van der Waals surface area contributed by atoms with Gasteiger partial charge in [0.15, 0.2) is 0 Å². The van der Waals surface area contributed by atoms with Crippen LogP contribution in [0, 0.1) is 0 Å². The van der Waals surface area contributed by atoms with Crippen molar-refractivity contribution in [2.75, 3.05) is 38.7 Å². The molecule has 2 saturated heterocycles. The zero-order chi connectivity index (χ0) is 25.7. The number of rotatable bonds is 7. The Hall–Kier alpha value is -3.52. The molecule has 196 valence electrons. The second kappa shape index (κ2) is 9.10. The SMILES string of the molecule is COc1nc(NC2CCN(C3COC3)CC2(F)F)nn2ccc(-c3ccc4nnn(CC(F)F)c4c3)c12. The molecule has 3 aromatic heterocycles. The Kier molecular flexibility index (Phi) is 5.87. The topological polar surface area (TPSA) is 94.6 Å². The van der Waals surface area contributed by atoms with Gasteiger partial charge in [-0.3, -0.25) is 4.90 Å². The van der Waals surface area contributed by atoms with Crippen molar-refractivity contribution in [2.24, 2.45) is 0 Å². The first-order valence-electron chi connectivity index (χ1n) is 11.8. The average Bonchev–Trinajstić information content (AvgIpc) is 3.42. The minimum atomic E-state index is -2.98. The fourth-order valence-corrected chi connectivity index (χ4v) is 4.87. The molecule has 0 amide bonds. The number of nitrogens with zero attached hydrogens (tertiary/aromatic N) is 7. The van der Waals surface area contributed by atoms with Gasteiger partial charge < -0.3 is 14.8 Å². The quantitative estimate of drug-likeness (QED) is 0.372. The van der Waals surface area contributed by atoms with E-state index in [9.17, 15) is 17.6 Å². The molecular weight excluding hydrogens is 496 g/mol. The van der Waals surface area contributed by atoms with Gasteiger partial charge in [0.2, 0.25) is 11.8 Å². The van der Waals surface area contributed by atoms with Crippen molar-refractivity contribution in [3.8, 4) is 17.0 Å². The highest BCUT2D eigenvalue weighted by atomic mass is 19.3. The monoisotopic (exact) mass is 520 g/mol. The Morgan fingerprint density at radius 1 is 1.24 bits per heavy atom. The number of anilines is 1. The van der Waals surface area contributed by atoms with Crippen molar-refractivity contribution in [1.82, 2.24) is 34.5 Å². The molecule has 2 fully saturated rings. The number of alkyl halides is 4. The summed E-state index contributed by atoms with van der Waals surface area (Å²) in [7, 11) is 1.43. The van der Waals surface area contributed by atoms with Gasteiger partial charge in [-0.05, 0) is 30.2 Å². The van der Waals surface area contributed by atoms with Crippen LogP contribution in [0.2, 0.25) is 0 Å². The van der Waals surface area contributed by atoms with Crippen molar-refractivity contribution in [1.29, 1.82) is 0 Å². The summed E-state index contributed by atoms with van der Waals surface area (Å²) in [5.74, 6) is -2.78. The first kappa shape index (κ1) is 23.9. The lowest BCUT2D eigenvalue weighted by Gasteiger charge is -2.44. The summed E-state index contributed by atoms with van der Waals surface area (Å²) in [5, 5.41) is 15.0. The summed E-state index contributed by atoms with van der Waals surface area (Å²) in [5.41, 5.74) is 2.81. The minimum Gasteiger partial charge on any atom is -0.479 e. The van der Waals surface area contributed by atoms with Crippen molar-refractivity contribution >= 4 is 22.5 Å². The van der Waals surface area contributed by atoms with E-state index in [4.69, 9.17) is 9.47 Å². The van der Waals surface area contributed by atoms with E-state index in [-0.39, 0.29) is 30.8 Å². The molecule has 0 saturated carbocycles. The predicted octanol–water partition coefficient (Wildman–Crippen LogP) is 2.94. The van der Waals surface area contributed by atoms with Gasteiger partial charge in [0.05, 0.1) is 44.5 Å². The lowest BCUT2D eigenvalue weighted by Crippen LogP contribution is -2.61. The predicted molar refractivity (Wildman–Crippen MR) is 125 cm³/mol. The molecule has 1 N–H and O–H groups in total. The van der Waals surface area contributed by atoms with Crippen LogP contribution >= 0.6 is 0 Å². The molecule has 10 nitrogen and oxygen atoms in total. The summed E-state index contributed by atoms with van der Waals surface area (Å²) in [4.78, 5) is 6.13. The summed E-state index contributed by atoms with van der Waals surface area (Å²) in [6, 6.07) is 5.86. The molecule has 1 atom stereocenters. The van der Waals surface area contributed by atoms with Crippen LogP contribution in [0.5, 0.6) is 5.88 Å². The molecule has 0 spiro atoms. The van der Waals surface area contributed by atoms with Crippen molar-refractivity contribution in [3.05, 3.63) is 30.5 Å². The number of halogens is 4. The zero-order valence-electron chi connectivity index (χ0n) is 19.8. The zero-order valence-corrected chi connectivity index (χ0v) is 19.8. The van der Waals surface area contributed by atoms with Gasteiger partial charge in [-0.25, -0.2) is 26.8 Å². The first-order valence-corrected chi connectivity index (χ1v) is 11.8. The van der Waals surface area contributed by atoms with Gasteiger partial charge in [-0.2, -0.15) is 4.98 Å². The van der Waals surface area contributed by atoms with E-state index in [1.807, 2.05) is 0 Å². The summed E-state index contributed by atoms with van der Waals surface area (Å²) >= 11 is 0. The second-order valence-corrected chi connectivity index (χ2v) is 9.24. The largest absolute Gasteiger partial charge is 0.479 e. The number of fused-ring (bicyclic) bond motifs is 2. The Morgan fingerprint density at radius 2 is 2.08 bits per heavy atom. The number of ether oxygens (including phenoxy) is 2. The molecular formula is C23H24F4N8O2. The lowest BCUT2D eigenvalue weighted by atomic mass is 9.98. The number of methoxy groups -OCH3 is 1. The van der Waals surface area contributed by atoms with E-state index < -0.39 is 24.9 Å². The van der Waals surface area contributed by atoms with Gasteiger partial charge >= 0.3 is 0 Å². The van der Waals surface area contributed by atoms with E-state index in [1.54, 1.807) is 35.4 Å². The third-order valence-electron chi connectivity index (χ3n) is 6.88. The molecule has 5 heterocycles. The van der Waals surface area contributed by atoms with Crippen LogP contribution in [-0.2, 0) is 11.3 Å². The number of piperidine rings is 1. The van der Waals surface area contributed by atoms with Crippen LogP contribution in [-0.4, -0.2) is 92.3 Å². The summed E-state index contributed by atoms with van der Waals surface area (Å²) in [6.07, 6.45) is -0.684. The third kappa shape index (κ3) is 4.33. The molecule has 4 aromatic rings. The minimum absolute atomic E-state index is 0.0197. The summed E-state index contributed by atoms with van der Waals surface area (Å²) < 4.78 is 69.1. The van der Waals surface area contributed by atoms with Crippen molar-refractivity contribution < 1.29 is 27.0 Å². The number of hydrogen-bond acceptors (Lipinski definition) is 8. The van der Waals surface area contributed by atoms with E-state index in [2.05, 4.69) is 25.7 Å². The smallest absolute Gasteiger partial charge is 0.280 e. The van der Waals surface area contributed by atoms with Crippen LogP contribution in [0.4, 0.5) is 23.5 Å². The highest BCUT2D eigenvalue weighted by Gasteiger charge is 2.47. The Balaban J connectivity index is 1.30. The Labute approximate surface area is 208 Å². The Morgan fingerprint density at radius 3 is 2.78 bits per heavy atom. The highest BCUT2D eigenvalue weighted by Crippen LogP contribution is 2.35.